The second kappa shape index (κ2) is 17.4. The summed E-state index contributed by atoms with van der Waals surface area (Å²) in [6.45, 7) is 7.02. The molecule has 0 aliphatic carbocycles. The quantitative estimate of drug-likeness (QED) is 0.121. The summed E-state index contributed by atoms with van der Waals surface area (Å²) in [5.41, 5.74) is -1.96. The van der Waals surface area contributed by atoms with Crippen molar-refractivity contribution in [2.24, 2.45) is 0 Å². The SMILES string of the molecule is CCCCCCCCCNCCCCCC.Fc1ccccc1-c1c(F)c(F)c(F)c(F)c1F. The smallest absolute Gasteiger partial charge is 0.200 e. The van der Waals surface area contributed by atoms with Crippen molar-refractivity contribution in [3.8, 4) is 11.1 Å². The number of unbranched alkanes of at least 4 members (excludes halogenated alkanes) is 9. The van der Waals surface area contributed by atoms with Crippen LogP contribution in [0.2, 0.25) is 0 Å². The van der Waals surface area contributed by atoms with Gasteiger partial charge in [0.1, 0.15) is 5.82 Å². The van der Waals surface area contributed by atoms with Crippen LogP contribution >= 0.6 is 0 Å². The van der Waals surface area contributed by atoms with Crippen LogP contribution in [0.4, 0.5) is 26.3 Å². The molecule has 0 saturated carbocycles. The molecule has 2 rings (SSSR count). The van der Waals surface area contributed by atoms with Crippen molar-refractivity contribution in [3.63, 3.8) is 0 Å². The third-order valence-electron chi connectivity index (χ3n) is 5.52. The average molecular weight is 490 g/mol. The highest BCUT2D eigenvalue weighted by Crippen LogP contribution is 2.32. The second-order valence-corrected chi connectivity index (χ2v) is 8.36. The fraction of sp³-hybridized carbons (Fsp3) is 0.556. The van der Waals surface area contributed by atoms with Gasteiger partial charge in [0.2, 0.25) is 5.82 Å². The van der Waals surface area contributed by atoms with Crippen molar-refractivity contribution in [1.29, 1.82) is 0 Å². The van der Waals surface area contributed by atoms with E-state index >= 15 is 0 Å². The number of rotatable bonds is 14. The van der Waals surface area contributed by atoms with Gasteiger partial charge in [-0.1, -0.05) is 89.8 Å². The molecule has 1 nitrogen and oxygen atoms in total. The van der Waals surface area contributed by atoms with Crippen molar-refractivity contribution in [2.75, 3.05) is 13.1 Å². The molecular weight excluding hydrogens is 452 g/mol. The molecule has 1 N–H and O–H groups in total. The van der Waals surface area contributed by atoms with E-state index in [0.29, 0.717) is 0 Å². The molecule has 34 heavy (non-hydrogen) atoms. The van der Waals surface area contributed by atoms with Gasteiger partial charge < -0.3 is 5.32 Å². The van der Waals surface area contributed by atoms with Crippen LogP contribution in [0, 0.1) is 34.9 Å². The Morgan fingerprint density at radius 2 is 0.941 bits per heavy atom. The van der Waals surface area contributed by atoms with Gasteiger partial charge in [0, 0.05) is 5.56 Å². The summed E-state index contributed by atoms with van der Waals surface area (Å²) in [6, 6.07) is 4.22. The van der Waals surface area contributed by atoms with E-state index in [1.165, 1.54) is 95.9 Å². The molecule has 0 aromatic heterocycles. The maximum absolute atomic E-state index is 13.4. The minimum Gasteiger partial charge on any atom is -0.317 e. The number of hydrogen-bond acceptors (Lipinski definition) is 1. The van der Waals surface area contributed by atoms with Gasteiger partial charge in [0.15, 0.2) is 23.3 Å². The maximum Gasteiger partial charge on any atom is 0.200 e. The van der Waals surface area contributed by atoms with Gasteiger partial charge in [0.05, 0.1) is 5.56 Å². The van der Waals surface area contributed by atoms with Gasteiger partial charge in [0.25, 0.3) is 0 Å². The maximum atomic E-state index is 13.4. The van der Waals surface area contributed by atoms with Gasteiger partial charge in [-0.2, -0.15) is 0 Å². The fourth-order valence-electron chi connectivity index (χ4n) is 3.51. The van der Waals surface area contributed by atoms with Gasteiger partial charge in [-0.05, 0) is 32.0 Å². The highest BCUT2D eigenvalue weighted by Gasteiger charge is 2.27. The Morgan fingerprint density at radius 1 is 0.529 bits per heavy atom. The molecule has 7 heteroatoms. The molecule has 0 bridgehead atoms. The summed E-state index contributed by atoms with van der Waals surface area (Å²) in [6.07, 6.45) is 15.4. The first kappa shape index (κ1) is 30.0. The van der Waals surface area contributed by atoms with E-state index in [1.54, 1.807) is 0 Å². The first-order valence-electron chi connectivity index (χ1n) is 12.3. The fourth-order valence-corrected chi connectivity index (χ4v) is 3.51. The van der Waals surface area contributed by atoms with Crippen molar-refractivity contribution < 1.29 is 26.3 Å². The molecule has 0 aliphatic heterocycles. The minimum absolute atomic E-state index is 0.690. The molecule has 2 aromatic rings. The zero-order valence-corrected chi connectivity index (χ0v) is 20.3. The normalized spacial score (nSPS) is 10.8. The summed E-state index contributed by atoms with van der Waals surface area (Å²) in [4.78, 5) is 0. The molecule has 192 valence electrons. The number of halogens is 6. The standard InChI is InChI=1S/C15H33N.C12H4F6/c1-3-5-7-9-10-11-13-15-16-14-12-8-6-4-2;13-6-4-2-1-3-5(6)7-8(14)10(16)12(18)11(17)9(7)15/h16H,3-15H2,1-2H3;1-4H. The molecular formula is C27H37F6N. The lowest BCUT2D eigenvalue weighted by molar-refractivity contribution is 0.381. The van der Waals surface area contributed by atoms with Gasteiger partial charge in [-0.25, -0.2) is 26.3 Å². The zero-order valence-electron chi connectivity index (χ0n) is 20.3. The third-order valence-corrected chi connectivity index (χ3v) is 5.52. The first-order chi connectivity index (χ1) is 16.4. The number of nitrogens with one attached hydrogen (secondary N) is 1. The Labute approximate surface area is 200 Å². The van der Waals surface area contributed by atoms with Crippen molar-refractivity contribution in [2.45, 2.75) is 84.5 Å². The number of benzene rings is 2. The van der Waals surface area contributed by atoms with Crippen LogP contribution in [0.25, 0.3) is 11.1 Å². The number of hydrogen-bond donors (Lipinski definition) is 1. The highest BCUT2D eigenvalue weighted by molar-refractivity contribution is 5.65. The molecule has 0 fully saturated rings. The molecule has 0 radical (unpaired) electrons. The zero-order chi connectivity index (χ0) is 25.3. The van der Waals surface area contributed by atoms with E-state index in [1.807, 2.05) is 0 Å². The van der Waals surface area contributed by atoms with Crippen molar-refractivity contribution in [3.05, 3.63) is 59.2 Å². The van der Waals surface area contributed by atoms with E-state index in [0.717, 1.165) is 12.1 Å². The van der Waals surface area contributed by atoms with Gasteiger partial charge in [-0.3, -0.25) is 0 Å². The van der Waals surface area contributed by atoms with E-state index in [9.17, 15) is 26.3 Å². The molecule has 0 heterocycles. The van der Waals surface area contributed by atoms with Gasteiger partial charge in [-0.15, -0.1) is 0 Å². The van der Waals surface area contributed by atoms with Crippen LogP contribution in [0.5, 0.6) is 0 Å². The highest BCUT2D eigenvalue weighted by atomic mass is 19.2. The molecule has 0 unspecified atom stereocenters. The summed E-state index contributed by atoms with van der Waals surface area (Å²) in [5, 5.41) is 3.55. The Balaban J connectivity index is 0.000000344. The summed E-state index contributed by atoms with van der Waals surface area (Å²) in [7, 11) is 0. The summed E-state index contributed by atoms with van der Waals surface area (Å²) >= 11 is 0. The largest absolute Gasteiger partial charge is 0.317 e. The van der Waals surface area contributed by atoms with Crippen LogP contribution in [-0.4, -0.2) is 13.1 Å². The Bertz CT molecular complexity index is 797. The van der Waals surface area contributed by atoms with Gasteiger partial charge >= 0.3 is 0 Å². The van der Waals surface area contributed by atoms with E-state index in [4.69, 9.17) is 0 Å². The Hall–Kier alpha value is -2.02. The summed E-state index contributed by atoms with van der Waals surface area (Å²) < 4.78 is 78.8. The van der Waals surface area contributed by atoms with Crippen LogP contribution in [0.3, 0.4) is 0 Å². The summed E-state index contributed by atoms with van der Waals surface area (Å²) in [5.74, 6) is -11.7. The van der Waals surface area contributed by atoms with Crippen LogP contribution in [0.1, 0.15) is 84.5 Å². The molecule has 0 spiro atoms. The second-order valence-electron chi connectivity index (χ2n) is 8.36. The van der Waals surface area contributed by atoms with Crippen LogP contribution in [0.15, 0.2) is 24.3 Å². The Kier molecular flexibility index (Phi) is 15.4. The third kappa shape index (κ3) is 10.1. The molecule has 0 amide bonds. The molecule has 2 aromatic carbocycles. The first-order valence-corrected chi connectivity index (χ1v) is 12.3. The Morgan fingerprint density at radius 3 is 1.44 bits per heavy atom. The molecule has 0 saturated heterocycles. The topological polar surface area (TPSA) is 12.0 Å². The lowest BCUT2D eigenvalue weighted by Gasteiger charge is -2.08. The average Bonchev–Trinajstić information content (AvgIpc) is 2.84. The minimum atomic E-state index is -2.27. The van der Waals surface area contributed by atoms with Crippen LogP contribution < -0.4 is 5.32 Å². The van der Waals surface area contributed by atoms with Crippen molar-refractivity contribution >= 4 is 0 Å². The van der Waals surface area contributed by atoms with E-state index < -0.39 is 46.0 Å². The predicted octanol–water partition coefficient (Wildman–Crippen LogP) is 9.10. The van der Waals surface area contributed by atoms with Crippen molar-refractivity contribution in [1.82, 2.24) is 5.32 Å². The lowest BCUT2D eigenvalue weighted by Crippen LogP contribution is -2.16. The monoisotopic (exact) mass is 489 g/mol. The molecule has 0 atom stereocenters. The van der Waals surface area contributed by atoms with E-state index in [-0.39, 0.29) is 0 Å². The van der Waals surface area contributed by atoms with Crippen LogP contribution in [-0.2, 0) is 0 Å². The molecule has 0 aliphatic rings. The predicted molar refractivity (Wildman–Crippen MR) is 127 cm³/mol. The lowest BCUT2D eigenvalue weighted by atomic mass is 10.0. The van der Waals surface area contributed by atoms with E-state index in [2.05, 4.69) is 19.2 Å².